The van der Waals surface area contributed by atoms with E-state index in [2.05, 4.69) is 61.6 Å². The number of nitrogens with zero attached hydrogens (tertiary/aromatic N) is 3. The van der Waals surface area contributed by atoms with Gasteiger partial charge in [-0.3, -0.25) is 14.3 Å². The Kier molecular flexibility index (Phi) is 11.8. The predicted octanol–water partition coefficient (Wildman–Crippen LogP) is 5.68. The highest BCUT2D eigenvalue weighted by atomic mass is 31.2. The lowest BCUT2D eigenvalue weighted by Gasteiger charge is -2.37. The molecule has 2 aromatic carbocycles. The number of aromatic amines is 1. The van der Waals surface area contributed by atoms with Crippen molar-refractivity contribution in [3.8, 4) is 17.2 Å². The number of aryl methyl sites for hydroxylation is 1. The highest BCUT2D eigenvalue weighted by Gasteiger charge is 2.41. The van der Waals surface area contributed by atoms with Crippen LogP contribution >= 0.6 is 8.53 Å². The van der Waals surface area contributed by atoms with Gasteiger partial charge in [0.25, 0.3) is 14.1 Å². The van der Waals surface area contributed by atoms with Crippen LogP contribution in [-0.2, 0) is 25.1 Å². The highest BCUT2D eigenvalue weighted by molar-refractivity contribution is 7.44. The maximum Gasteiger partial charge on any atom is 0.330 e. The van der Waals surface area contributed by atoms with E-state index >= 15 is 0 Å². The first-order valence-corrected chi connectivity index (χ1v) is 15.8. The van der Waals surface area contributed by atoms with Crippen LogP contribution < -0.4 is 11.2 Å². The monoisotopic (exact) mass is 608 g/mol. The van der Waals surface area contributed by atoms with E-state index in [0.717, 1.165) is 16.7 Å². The van der Waals surface area contributed by atoms with Crippen molar-refractivity contribution in [2.75, 3.05) is 13.2 Å². The van der Waals surface area contributed by atoms with Crippen LogP contribution in [0.15, 0.2) is 70.4 Å². The number of H-pyrrole nitrogens is 1. The van der Waals surface area contributed by atoms with E-state index in [4.69, 9.17) is 23.8 Å². The minimum Gasteiger partial charge on any atom is -0.374 e. The number of rotatable bonds is 14. The molecule has 0 amide bonds. The van der Waals surface area contributed by atoms with Crippen molar-refractivity contribution in [3.63, 3.8) is 0 Å². The van der Waals surface area contributed by atoms with Crippen LogP contribution in [0.3, 0.4) is 0 Å². The molecule has 0 spiro atoms. The first-order chi connectivity index (χ1) is 20.7. The van der Waals surface area contributed by atoms with Gasteiger partial charge in [0, 0.05) is 30.3 Å². The molecule has 11 heteroatoms. The molecule has 10 nitrogen and oxygen atoms in total. The molecule has 0 bridgehead atoms. The Labute approximate surface area is 254 Å². The lowest BCUT2D eigenvalue weighted by atomic mass is 10.0. The number of benzene rings is 2. The van der Waals surface area contributed by atoms with Gasteiger partial charge in [-0.2, -0.15) is 5.26 Å². The SMILES string of the molecule is Cc1cn([C@H]2C[C@H](OP(OCCC#N)N(C(C)C)C(C)C)[C@@H](COCc3ccccc3-c3ccccc3)O2)c(=O)[nH]c1=O. The van der Waals surface area contributed by atoms with Crippen molar-refractivity contribution < 1.29 is 18.5 Å². The summed E-state index contributed by atoms with van der Waals surface area (Å²) < 4.78 is 29.0. The average molecular weight is 609 g/mol. The van der Waals surface area contributed by atoms with Crippen LogP contribution in [0.5, 0.6) is 0 Å². The minimum atomic E-state index is -1.55. The molecule has 230 valence electrons. The Morgan fingerprint density at radius 2 is 1.79 bits per heavy atom. The molecule has 1 aliphatic heterocycles. The summed E-state index contributed by atoms with van der Waals surface area (Å²) in [5.74, 6) is 0. The highest BCUT2D eigenvalue weighted by Crippen LogP contribution is 2.50. The molecular formula is C32H41N4O6P. The second-order valence-electron chi connectivity index (χ2n) is 11.1. The van der Waals surface area contributed by atoms with Gasteiger partial charge >= 0.3 is 5.69 Å². The summed E-state index contributed by atoms with van der Waals surface area (Å²) in [5.41, 5.74) is 2.68. The van der Waals surface area contributed by atoms with E-state index in [1.165, 1.54) is 10.8 Å². The Morgan fingerprint density at radius 1 is 1.09 bits per heavy atom. The maximum absolute atomic E-state index is 12.7. The summed E-state index contributed by atoms with van der Waals surface area (Å²) in [4.78, 5) is 27.1. The largest absolute Gasteiger partial charge is 0.374 e. The van der Waals surface area contributed by atoms with Gasteiger partial charge in [0.2, 0.25) is 0 Å². The Bertz CT molecular complexity index is 1480. The molecule has 2 heterocycles. The molecule has 1 aliphatic rings. The molecule has 1 N–H and O–H groups in total. The summed E-state index contributed by atoms with van der Waals surface area (Å²) in [5, 5.41) is 9.10. The van der Waals surface area contributed by atoms with Crippen molar-refractivity contribution in [1.29, 1.82) is 5.26 Å². The molecule has 0 aliphatic carbocycles. The maximum atomic E-state index is 12.7. The molecule has 1 saturated heterocycles. The number of hydrogen-bond donors (Lipinski definition) is 1. The zero-order chi connectivity index (χ0) is 30.9. The van der Waals surface area contributed by atoms with Crippen molar-refractivity contribution in [2.45, 2.75) is 84.6 Å². The van der Waals surface area contributed by atoms with E-state index in [0.29, 0.717) is 18.6 Å². The van der Waals surface area contributed by atoms with E-state index in [1.54, 1.807) is 6.92 Å². The van der Waals surface area contributed by atoms with Crippen molar-refractivity contribution in [2.24, 2.45) is 0 Å². The molecule has 43 heavy (non-hydrogen) atoms. The summed E-state index contributed by atoms with van der Waals surface area (Å²) in [6.45, 7) is 10.8. The number of ether oxygens (including phenoxy) is 2. The fourth-order valence-electron chi connectivity index (χ4n) is 5.17. The second kappa shape index (κ2) is 15.5. The fourth-order valence-corrected chi connectivity index (χ4v) is 6.93. The second-order valence-corrected chi connectivity index (χ2v) is 12.5. The van der Waals surface area contributed by atoms with Crippen LogP contribution in [-0.4, -0.2) is 51.7 Å². The number of nitrogens with one attached hydrogen (secondary N) is 1. The summed E-state index contributed by atoms with van der Waals surface area (Å²) in [6, 6.07) is 20.6. The van der Waals surface area contributed by atoms with Gasteiger partial charge in [-0.15, -0.1) is 0 Å². The minimum absolute atomic E-state index is 0.125. The Morgan fingerprint density at radius 3 is 2.49 bits per heavy atom. The lowest BCUT2D eigenvalue weighted by molar-refractivity contribution is -0.0646. The number of nitriles is 1. The van der Waals surface area contributed by atoms with E-state index in [9.17, 15) is 9.59 Å². The van der Waals surface area contributed by atoms with Crippen LogP contribution in [0.4, 0.5) is 0 Å². The normalized spacial score (nSPS) is 19.3. The van der Waals surface area contributed by atoms with E-state index in [-0.39, 0.29) is 31.7 Å². The quantitative estimate of drug-likeness (QED) is 0.184. The predicted molar refractivity (Wildman–Crippen MR) is 166 cm³/mol. The Balaban J connectivity index is 1.57. The third kappa shape index (κ3) is 8.48. The van der Waals surface area contributed by atoms with Crippen molar-refractivity contribution in [1.82, 2.24) is 14.2 Å². The topological polar surface area (TPSA) is 119 Å². The molecule has 1 fully saturated rings. The third-order valence-corrected chi connectivity index (χ3v) is 9.32. The van der Waals surface area contributed by atoms with Gasteiger partial charge in [0.1, 0.15) is 12.3 Å². The first-order valence-electron chi connectivity index (χ1n) is 14.6. The number of aromatic nitrogens is 2. The zero-order valence-electron chi connectivity index (χ0n) is 25.4. The molecule has 0 radical (unpaired) electrons. The third-order valence-electron chi connectivity index (χ3n) is 7.17. The molecule has 0 saturated carbocycles. The van der Waals surface area contributed by atoms with Crippen molar-refractivity contribution >= 4 is 8.53 Å². The summed E-state index contributed by atoms with van der Waals surface area (Å²) in [7, 11) is -1.55. The van der Waals surface area contributed by atoms with Crippen LogP contribution in [0.2, 0.25) is 0 Å². The fraction of sp³-hybridized carbons (Fsp3) is 0.469. The lowest BCUT2D eigenvalue weighted by Crippen LogP contribution is -2.36. The van der Waals surface area contributed by atoms with E-state index < -0.39 is 38.2 Å². The van der Waals surface area contributed by atoms with Gasteiger partial charge in [-0.05, 0) is 51.3 Å². The smallest absolute Gasteiger partial charge is 0.330 e. The average Bonchev–Trinajstić information content (AvgIpc) is 3.37. The van der Waals surface area contributed by atoms with Gasteiger partial charge < -0.3 is 18.5 Å². The standard InChI is InChI=1S/C32H41N4O6P/c1-22(2)36(23(3)4)43(40-17-11-16-33)42-28-18-30(35-19-24(5)31(37)34-32(35)38)41-29(28)21-39-20-26-14-9-10-15-27(26)25-12-7-6-8-13-25/h6-10,12-15,19,22-23,28-30H,11,17-18,20-21H2,1-5H3,(H,34,37,38)/t28-,29+,30+,43?/m0/s1. The molecule has 1 aromatic heterocycles. The van der Waals surface area contributed by atoms with E-state index in [1.807, 2.05) is 36.4 Å². The van der Waals surface area contributed by atoms with Gasteiger partial charge in [-0.25, -0.2) is 9.46 Å². The summed E-state index contributed by atoms with van der Waals surface area (Å²) in [6.07, 6.45) is 0.462. The molecule has 3 aromatic rings. The molecule has 4 atom stereocenters. The van der Waals surface area contributed by atoms with Crippen LogP contribution in [0.1, 0.15) is 57.9 Å². The van der Waals surface area contributed by atoms with Gasteiger partial charge in [0.05, 0.1) is 38.4 Å². The Hall–Kier alpha value is -3.16. The van der Waals surface area contributed by atoms with Crippen molar-refractivity contribution in [3.05, 3.63) is 92.8 Å². The van der Waals surface area contributed by atoms with Gasteiger partial charge in [-0.1, -0.05) is 54.6 Å². The molecular weight excluding hydrogens is 567 g/mol. The van der Waals surface area contributed by atoms with Crippen LogP contribution in [0, 0.1) is 18.3 Å². The number of hydrogen-bond acceptors (Lipinski definition) is 8. The first kappa shape index (κ1) is 32.7. The zero-order valence-corrected chi connectivity index (χ0v) is 26.3. The van der Waals surface area contributed by atoms with Crippen LogP contribution in [0.25, 0.3) is 11.1 Å². The molecule has 1 unspecified atom stereocenters. The summed E-state index contributed by atoms with van der Waals surface area (Å²) >= 11 is 0. The molecule has 4 rings (SSSR count). The van der Waals surface area contributed by atoms with Gasteiger partial charge in [0.15, 0.2) is 0 Å².